The highest BCUT2D eigenvalue weighted by molar-refractivity contribution is 5.85. The molecule has 2 rings (SSSR count). The molecule has 0 aromatic rings. The summed E-state index contributed by atoms with van der Waals surface area (Å²) in [6.07, 6.45) is 2.81. The third kappa shape index (κ3) is 3.57. The van der Waals surface area contributed by atoms with Crippen LogP contribution in [0.3, 0.4) is 0 Å². The van der Waals surface area contributed by atoms with Crippen LogP contribution in [0.15, 0.2) is 0 Å². The Morgan fingerprint density at radius 2 is 2.18 bits per heavy atom. The van der Waals surface area contributed by atoms with Crippen LogP contribution < -0.4 is 10.6 Å². The Kier molecular flexibility index (Phi) is 5.70. The summed E-state index contributed by atoms with van der Waals surface area (Å²) in [5.74, 6) is 1.01. The minimum Gasteiger partial charge on any atom is -0.393 e. The van der Waals surface area contributed by atoms with Crippen molar-refractivity contribution in [3.05, 3.63) is 0 Å². The summed E-state index contributed by atoms with van der Waals surface area (Å²) in [5, 5.41) is 15.8. The Hall–Kier alpha value is -0.320. The lowest BCUT2D eigenvalue weighted by Crippen LogP contribution is -2.50. The Morgan fingerprint density at radius 1 is 1.47 bits per heavy atom. The van der Waals surface area contributed by atoms with E-state index in [9.17, 15) is 9.90 Å². The summed E-state index contributed by atoms with van der Waals surface area (Å²) in [6, 6.07) is 0. The van der Waals surface area contributed by atoms with Gasteiger partial charge in [0, 0.05) is 18.4 Å². The molecule has 0 aromatic carbocycles. The molecule has 0 radical (unpaired) electrons. The van der Waals surface area contributed by atoms with Gasteiger partial charge >= 0.3 is 0 Å². The fourth-order valence-corrected chi connectivity index (χ4v) is 2.53. The quantitative estimate of drug-likeness (QED) is 0.693. The van der Waals surface area contributed by atoms with Crippen molar-refractivity contribution in [2.45, 2.75) is 32.3 Å². The lowest BCUT2D eigenvalue weighted by Gasteiger charge is -2.32. The molecule has 0 bridgehead atoms. The number of halogens is 1. The van der Waals surface area contributed by atoms with Gasteiger partial charge in [0.25, 0.3) is 0 Å². The van der Waals surface area contributed by atoms with E-state index in [1.54, 1.807) is 0 Å². The van der Waals surface area contributed by atoms with Crippen LogP contribution in [-0.4, -0.2) is 36.8 Å². The summed E-state index contributed by atoms with van der Waals surface area (Å²) >= 11 is 0. The molecule has 0 spiro atoms. The van der Waals surface area contributed by atoms with Gasteiger partial charge in [-0.05, 0) is 31.8 Å². The van der Waals surface area contributed by atoms with Gasteiger partial charge in [-0.1, -0.05) is 13.3 Å². The topological polar surface area (TPSA) is 61.4 Å². The molecule has 5 heteroatoms. The van der Waals surface area contributed by atoms with Gasteiger partial charge in [0.15, 0.2) is 0 Å². The molecule has 100 valence electrons. The van der Waals surface area contributed by atoms with E-state index < -0.39 is 0 Å². The Labute approximate surface area is 109 Å². The number of nitrogens with one attached hydrogen (secondary N) is 2. The van der Waals surface area contributed by atoms with Crippen LogP contribution in [0, 0.1) is 17.8 Å². The van der Waals surface area contributed by atoms with E-state index >= 15 is 0 Å². The van der Waals surface area contributed by atoms with Crippen LogP contribution in [0.25, 0.3) is 0 Å². The van der Waals surface area contributed by atoms with E-state index in [1.165, 1.54) is 0 Å². The zero-order chi connectivity index (χ0) is 11.5. The van der Waals surface area contributed by atoms with E-state index in [-0.39, 0.29) is 36.3 Å². The van der Waals surface area contributed by atoms with E-state index in [0.717, 1.165) is 32.4 Å². The molecule has 0 aromatic heterocycles. The fraction of sp³-hybridized carbons (Fsp3) is 0.917. The number of aliphatic hydroxyl groups is 1. The predicted octanol–water partition coefficient (Wildman–Crippen LogP) is 0.541. The number of amides is 1. The zero-order valence-corrected chi connectivity index (χ0v) is 11.1. The summed E-state index contributed by atoms with van der Waals surface area (Å²) in [4.78, 5) is 11.8. The van der Waals surface area contributed by atoms with Crippen LogP contribution in [0.2, 0.25) is 0 Å². The van der Waals surface area contributed by atoms with Crippen LogP contribution in [0.1, 0.15) is 26.2 Å². The van der Waals surface area contributed by atoms with Gasteiger partial charge in [0.2, 0.25) is 5.91 Å². The average Bonchev–Trinajstić information content (AvgIpc) is 2.57. The first-order chi connectivity index (χ1) is 7.68. The smallest absolute Gasteiger partial charge is 0.223 e. The van der Waals surface area contributed by atoms with Crippen molar-refractivity contribution < 1.29 is 9.90 Å². The van der Waals surface area contributed by atoms with Crippen molar-refractivity contribution in [2.24, 2.45) is 17.8 Å². The van der Waals surface area contributed by atoms with Crippen molar-refractivity contribution in [3.63, 3.8) is 0 Å². The minimum absolute atomic E-state index is 0. The van der Waals surface area contributed by atoms with Crippen molar-refractivity contribution in [1.82, 2.24) is 10.6 Å². The lowest BCUT2D eigenvalue weighted by molar-refractivity contribution is -0.127. The van der Waals surface area contributed by atoms with Crippen LogP contribution in [0.4, 0.5) is 0 Å². The van der Waals surface area contributed by atoms with Crippen LogP contribution in [-0.2, 0) is 4.79 Å². The molecule has 1 aliphatic heterocycles. The maximum absolute atomic E-state index is 11.8. The molecule has 1 saturated heterocycles. The molecule has 17 heavy (non-hydrogen) atoms. The largest absolute Gasteiger partial charge is 0.393 e. The molecule has 1 amide bonds. The summed E-state index contributed by atoms with van der Waals surface area (Å²) in [6.45, 7) is 4.55. The van der Waals surface area contributed by atoms with Crippen LogP contribution >= 0.6 is 12.4 Å². The van der Waals surface area contributed by atoms with Crippen molar-refractivity contribution in [2.75, 3.05) is 19.6 Å². The number of hydrogen-bond donors (Lipinski definition) is 3. The van der Waals surface area contributed by atoms with Gasteiger partial charge in [0.1, 0.15) is 0 Å². The highest BCUT2D eigenvalue weighted by Gasteiger charge is 2.30. The summed E-state index contributed by atoms with van der Waals surface area (Å²) in [7, 11) is 0. The zero-order valence-electron chi connectivity index (χ0n) is 10.3. The number of rotatable bonds is 4. The van der Waals surface area contributed by atoms with Gasteiger partial charge in [-0.2, -0.15) is 0 Å². The Balaban J connectivity index is 0.00000144. The molecule has 1 heterocycles. The highest BCUT2D eigenvalue weighted by Crippen LogP contribution is 2.25. The number of carbonyl (C=O) groups is 1. The Morgan fingerprint density at radius 3 is 2.65 bits per heavy atom. The standard InChI is InChI=1S/C12H22N2O2.ClH/c1-8(10-5-13-6-10)12(16)14-7-9-3-2-4-11(9)15;/h8-11,13,15H,2-7H2,1H3,(H,14,16);1H. The molecule has 2 fully saturated rings. The highest BCUT2D eigenvalue weighted by atomic mass is 35.5. The van der Waals surface area contributed by atoms with Gasteiger partial charge in [-0.3, -0.25) is 4.79 Å². The van der Waals surface area contributed by atoms with E-state index in [0.29, 0.717) is 12.5 Å². The molecule has 1 saturated carbocycles. The minimum atomic E-state index is -0.207. The predicted molar refractivity (Wildman–Crippen MR) is 69.1 cm³/mol. The van der Waals surface area contributed by atoms with E-state index in [2.05, 4.69) is 10.6 Å². The SMILES string of the molecule is CC(C(=O)NCC1CCCC1O)C1CNC1.Cl. The lowest BCUT2D eigenvalue weighted by atomic mass is 9.88. The van der Waals surface area contributed by atoms with Gasteiger partial charge < -0.3 is 15.7 Å². The maximum atomic E-state index is 11.8. The van der Waals surface area contributed by atoms with Crippen molar-refractivity contribution in [3.8, 4) is 0 Å². The monoisotopic (exact) mass is 262 g/mol. The molecule has 3 unspecified atom stereocenters. The number of hydrogen-bond acceptors (Lipinski definition) is 3. The molecule has 4 nitrogen and oxygen atoms in total. The van der Waals surface area contributed by atoms with Crippen LogP contribution in [0.5, 0.6) is 0 Å². The fourth-order valence-electron chi connectivity index (χ4n) is 2.53. The van der Waals surface area contributed by atoms with Gasteiger partial charge in [-0.25, -0.2) is 0 Å². The third-order valence-electron chi connectivity index (χ3n) is 4.09. The first-order valence-electron chi connectivity index (χ1n) is 6.35. The van der Waals surface area contributed by atoms with E-state index in [4.69, 9.17) is 0 Å². The first kappa shape index (κ1) is 14.7. The second kappa shape index (κ2) is 6.57. The van der Waals surface area contributed by atoms with E-state index in [1.807, 2.05) is 6.92 Å². The summed E-state index contributed by atoms with van der Waals surface area (Å²) in [5.41, 5.74) is 0. The molecule has 3 N–H and O–H groups in total. The summed E-state index contributed by atoms with van der Waals surface area (Å²) < 4.78 is 0. The first-order valence-corrected chi connectivity index (χ1v) is 6.35. The average molecular weight is 263 g/mol. The molecule has 2 aliphatic rings. The van der Waals surface area contributed by atoms with Crippen molar-refractivity contribution >= 4 is 18.3 Å². The maximum Gasteiger partial charge on any atom is 0.223 e. The normalized spacial score (nSPS) is 30.2. The Bertz CT molecular complexity index is 259. The van der Waals surface area contributed by atoms with Crippen molar-refractivity contribution in [1.29, 1.82) is 0 Å². The van der Waals surface area contributed by atoms with Gasteiger partial charge in [-0.15, -0.1) is 12.4 Å². The number of carbonyl (C=O) groups excluding carboxylic acids is 1. The second-order valence-corrected chi connectivity index (χ2v) is 5.21. The molecule has 3 atom stereocenters. The number of aliphatic hydroxyl groups excluding tert-OH is 1. The third-order valence-corrected chi connectivity index (χ3v) is 4.09. The molecule has 1 aliphatic carbocycles. The second-order valence-electron chi connectivity index (χ2n) is 5.21. The van der Waals surface area contributed by atoms with Gasteiger partial charge in [0.05, 0.1) is 6.10 Å². The molecular formula is C12H23ClN2O2. The molecular weight excluding hydrogens is 240 g/mol.